The van der Waals surface area contributed by atoms with Gasteiger partial charge in [-0.25, -0.2) is 4.79 Å². The van der Waals surface area contributed by atoms with Crippen LogP contribution in [0.15, 0.2) is 4.99 Å². The molecule has 1 saturated heterocycles. The lowest BCUT2D eigenvalue weighted by Gasteiger charge is -2.29. The van der Waals surface area contributed by atoms with Gasteiger partial charge in [0.1, 0.15) is 48.3 Å². The van der Waals surface area contributed by atoms with Gasteiger partial charge in [-0.3, -0.25) is 57.7 Å². The van der Waals surface area contributed by atoms with Gasteiger partial charge in [0.25, 0.3) is 0 Å². The van der Waals surface area contributed by atoms with Crippen molar-refractivity contribution >= 4 is 100 Å². The number of carbonyl (C=O) groups is 12. The van der Waals surface area contributed by atoms with Gasteiger partial charge >= 0.3 is 5.97 Å². The topological polar surface area (TPSA) is 481 Å². The van der Waals surface area contributed by atoms with Gasteiger partial charge in [0.05, 0.1) is 12.5 Å². The fourth-order valence-corrected chi connectivity index (χ4v) is 8.34. The Balaban J connectivity index is 3.36. The number of hydrogen-bond donors (Lipinski definition) is 14. The highest BCUT2D eigenvalue weighted by atomic mass is 32.2. The predicted octanol–water partition coefficient (Wildman–Crippen LogP) is -5.18. The van der Waals surface area contributed by atoms with E-state index < -0.39 is 163 Å². The van der Waals surface area contributed by atoms with Crippen molar-refractivity contribution in [1.29, 1.82) is 0 Å². The molecule has 0 saturated carbocycles. The summed E-state index contributed by atoms with van der Waals surface area (Å²) < 4.78 is 0. The van der Waals surface area contributed by atoms with E-state index in [9.17, 15) is 62.6 Å². The van der Waals surface area contributed by atoms with Gasteiger partial charge in [-0.05, 0) is 88.2 Å². The molecule has 418 valence electrons. The van der Waals surface area contributed by atoms with E-state index in [0.717, 1.165) is 0 Å². The maximum atomic E-state index is 13.9. The number of aliphatic imine (C=N–C) groups is 1. The van der Waals surface area contributed by atoms with E-state index in [1.54, 1.807) is 20.1 Å². The molecule has 0 aliphatic carbocycles. The van der Waals surface area contributed by atoms with Crippen molar-refractivity contribution in [2.45, 2.75) is 152 Å². The lowest BCUT2D eigenvalue weighted by Crippen LogP contribution is -2.60. The molecular formula is C44H77N15O13S2. The number of aliphatic carboxylic acids is 1. The number of nitrogens with one attached hydrogen (secondary N) is 7. The molecular weight excluding hydrogens is 1010 g/mol. The lowest BCUT2D eigenvalue weighted by atomic mass is 9.98. The van der Waals surface area contributed by atoms with E-state index in [4.69, 9.17) is 34.4 Å². The first-order chi connectivity index (χ1) is 34.8. The second-order valence-electron chi connectivity index (χ2n) is 17.7. The van der Waals surface area contributed by atoms with Gasteiger partial charge < -0.3 is 81.6 Å². The molecule has 1 fully saturated rings. The molecule has 0 aromatic rings. The van der Waals surface area contributed by atoms with Gasteiger partial charge in [-0.15, -0.1) is 0 Å². The van der Waals surface area contributed by atoms with Crippen LogP contribution in [0.1, 0.15) is 97.8 Å². The Labute approximate surface area is 438 Å². The van der Waals surface area contributed by atoms with Crippen LogP contribution in [0.4, 0.5) is 0 Å². The Morgan fingerprint density at radius 2 is 1.09 bits per heavy atom. The Hall–Kier alpha value is -6.43. The molecule has 0 radical (unpaired) electrons. The Morgan fingerprint density at radius 1 is 0.622 bits per heavy atom. The van der Waals surface area contributed by atoms with Crippen molar-refractivity contribution in [2.24, 2.45) is 45.3 Å². The SMILES string of the molecule is CC[C@H](C)[C@H](NC(=O)[C@H](CCCN=C(N)N)NC(=O)[C@H](CCSC)NC(=O)[C@H](CCC(N)=O)NC(=O)[C@H](C)NC(=O)[C@H](CCC(N)=O)NC(=O)[C@H](CC(N)=O)NC(=O)[C@@H]1CCCN1C(=O)[C@@H](N)CCSC)C(=O)O. The van der Waals surface area contributed by atoms with Crippen LogP contribution in [0.2, 0.25) is 0 Å². The summed E-state index contributed by atoms with van der Waals surface area (Å²) in [5.74, 6) is -11.0. The summed E-state index contributed by atoms with van der Waals surface area (Å²) in [4.78, 5) is 162. The minimum Gasteiger partial charge on any atom is -0.480 e. The number of likely N-dealkylation sites (tertiary alicyclic amines) is 1. The number of rotatable bonds is 36. The summed E-state index contributed by atoms with van der Waals surface area (Å²) in [7, 11) is 0. The maximum absolute atomic E-state index is 13.9. The fraction of sp³-hybridized carbons (Fsp3) is 0.705. The summed E-state index contributed by atoms with van der Waals surface area (Å²) in [6.45, 7) is 4.84. The van der Waals surface area contributed by atoms with Crippen LogP contribution in [-0.4, -0.2) is 178 Å². The molecule has 0 aromatic carbocycles. The van der Waals surface area contributed by atoms with Crippen molar-refractivity contribution in [3.8, 4) is 0 Å². The van der Waals surface area contributed by atoms with Crippen LogP contribution in [0.25, 0.3) is 0 Å². The normalized spacial score (nSPS) is 16.7. The predicted molar refractivity (Wildman–Crippen MR) is 276 cm³/mol. The van der Waals surface area contributed by atoms with Crippen LogP contribution < -0.4 is 71.6 Å². The molecule has 74 heavy (non-hydrogen) atoms. The summed E-state index contributed by atoms with van der Waals surface area (Å²) in [5.41, 5.74) is 33.0. The molecule has 1 rings (SSSR count). The van der Waals surface area contributed by atoms with Crippen molar-refractivity contribution < 1.29 is 62.6 Å². The minimum absolute atomic E-state index is 0.0110. The summed E-state index contributed by atoms with van der Waals surface area (Å²) in [6.07, 6.45) is 2.62. The van der Waals surface area contributed by atoms with Crippen LogP contribution in [0.3, 0.4) is 0 Å². The van der Waals surface area contributed by atoms with E-state index in [-0.39, 0.29) is 44.7 Å². The van der Waals surface area contributed by atoms with E-state index in [1.165, 1.54) is 35.3 Å². The Morgan fingerprint density at radius 3 is 1.58 bits per heavy atom. The average Bonchev–Trinajstić information content (AvgIpc) is 3.83. The zero-order chi connectivity index (χ0) is 56.2. The van der Waals surface area contributed by atoms with Gasteiger partial charge in [-0.1, -0.05) is 20.3 Å². The smallest absolute Gasteiger partial charge is 0.326 e. The molecule has 10 atom stereocenters. The van der Waals surface area contributed by atoms with Gasteiger partial charge in [-0.2, -0.15) is 23.5 Å². The molecule has 1 aliphatic rings. The van der Waals surface area contributed by atoms with Gasteiger partial charge in [0.2, 0.25) is 65.0 Å². The van der Waals surface area contributed by atoms with E-state index in [0.29, 0.717) is 30.8 Å². The van der Waals surface area contributed by atoms with Crippen LogP contribution in [-0.2, 0) is 57.5 Å². The van der Waals surface area contributed by atoms with Crippen LogP contribution >= 0.6 is 23.5 Å². The van der Waals surface area contributed by atoms with Crippen LogP contribution in [0, 0.1) is 5.92 Å². The standard InChI is InChI=1S/C44H77N15O13S2/c1-6-22(2)34(43(71)72)58-39(67)25(9-7-17-51-44(49)50)54-38(66)28(16-20-74-5)56-37(65)27(12-14-32(47)61)53-35(63)23(3)52-36(64)26(11-13-31(46)60)55-40(68)29(21-33(48)62)57-41(69)30-10-8-18-59(30)42(70)24(45)15-19-73-4/h22-30,34H,6-21,45H2,1-5H3,(H2,46,60)(H2,47,61)(H2,48,62)(H,52,64)(H,53,63)(H,54,66)(H,55,68)(H,56,65)(H,57,69)(H,58,67)(H,71,72)(H4,49,50,51)/t22-,23-,24-,25-,26-,27-,28-,29-,30-,34-/m0/s1. The van der Waals surface area contributed by atoms with Crippen molar-refractivity contribution in [2.75, 3.05) is 37.1 Å². The van der Waals surface area contributed by atoms with Crippen molar-refractivity contribution in [3.63, 3.8) is 0 Å². The highest BCUT2D eigenvalue weighted by Gasteiger charge is 2.39. The number of nitrogens with two attached hydrogens (primary N) is 6. The number of primary amides is 3. The molecule has 20 N–H and O–H groups in total. The fourth-order valence-electron chi connectivity index (χ4n) is 7.38. The molecule has 0 aromatic heterocycles. The first-order valence-electron chi connectivity index (χ1n) is 24.1. The second kappa shape index (κ2) is 34.1. The van der Waals surface area contributed by atoms with Crippen molar-refractivity contribution in [1.82, 2.24) is 42.1 Å². The highest BCUT2D eigenvalue weighted by molar-refractivity contribution is 7.98. The van der Waals surface area contributed by atoms with E-state index in [1.807, 2.05) is 6.26 Å². The zero-order valence-corrected chi connectivity index (χ0v) is 44.2. The molecule has 0 bridgehead atoms. The third-order valence-electron chi connectivity index (χ3n) is 11.8. The summed E-state index contributed by atoms with van der Waals surface area (Å²) in [6, 6.07) is -12.3. The number of amides is 11. The zero-order valence-electron chi connectivity index (χ0n) is 42.6. The van der Waals surface area contributed by atoms with Gasteiger partial charge in [0.15, 0.2) is 5.96 Å². The quantitative estimate of drug-likeness (QED) is 0.0158. The minimum atomic E-state index is -1.67. The van der Waals surface area contributed by atoms with Crippen LogP contribution in [0.5, 0.6) is 0 Å². The number of carboxylic acid groups (broad SMARTS) is 1. The van der Waals surface area contributed by atoms with Crippen molar-refractivity contribution in [3.05, 3.63) is 0 Å². The number of carboxylic acids is 1. The number of thioether (sulfide) groups is 2. The average molecular weight is 1090 g/mol. The first-order valence-corrected chi connectivity index (χ1v) is 26.9. The number of nitrogens with zero attached hydrogens (tertiary/aromatic N) is 2. The molecule has 11 amide bonds. The maximum Gasteiger partial charge on any atom is 0.326 e. The molecule has 0 unspecified atom stereocenters. The molecule has 0 spiro atoms. The monoisotopic (exact) mass is 1090 g/mol. The second-order valence-corrected chi connectivity index (χ2v) is 19.7. The first kappa shape index (κ1) is 65.6. The molecule has 1 aliphatic heterocycles. The lowest BCUT2D eigenvalue weighted by molar-refractivity contribution is -0.144. The summed E-state index contributed by atoms with van der Waals surface area (Å²) >= 11 is 2.80. The Kier molecular flexibility index (Phi) is 30.3. The van der Waals surface area contributed by atoms with E-state index >= 15 is 0 Å². The molecule has 1 heterocycles. The molecule has 30 heteroatoms. The summed E-state index contributed by atoms with van der Waals surface area (Å²) in [5, 5.41) is 26.9. The third kappa shape index (κ3) is 24.1. The highest BCUT2D eigenvalue weighted by Crippen LogP contribution is 2.20. The van der Waals surface area contributed by atoms with E-state index in [2.05, 4.69) is 42.2 Å². The molecule has 28 nitrogen and oxygen atoms in total. The largest absolute Gasteiger partial charge is 0.480 e. The number of hydrogen-bond acceptors (Lipinski definition) is 16. The third-order valence-corrected chi connectivity index (χ3v) is 13.1. The number of carbonyl (C=O) groups excluding carboxylic acids is 11. The number of guanidine groups is 1. The Bertz CT molecular complexity index is 2010. The van der Waals surface area contributed by atoms with Gasteiger partial charge in [0, 0.05) is 25.9 Å².